The Hall–Kier alpha value is -2.82. The number of hydrogen-bond donors (Lipinski definition) is 1. The number of rotatable bonds is 5. The molecule has 0 bridgehead atoms. The minimum Gasteiger partial charge on any atom is -0.310 e. The fourth-order valence-corrected chi connectivity index (χ4v) is 5.48. The lowest BCUT2D eigenvalue weighted by molar-refractivity contribution is -0.120. The predicted octanol–water partition coefficient (Wildman–Crippen LogP) is 3.28. The molecule has 0 saturated carbocycles. The van der Waals surface area contributed by atoms with Gasteiger partial charge >= 0.3 is 0 Å². The minimum absolute atomic E-state index is 0.177. The van der Waals surface area contributed by atoms with Crippen molar-refractivity contribution in [3.63, 3.8) is 0 Å². The average molecular weight is 489 g/mol. The Bertz CT molecular complexity index is 1260. The van der Waals surface area contributed by atoms with Crippen LogP contribution in [-0.2, 0) is 14.8 Å². The minimum atomic E-state index is -3.62. The number of nitrogens with one attached hydrogen (secondary N) is 1. The zero-order chi connectivity index (χ0) is 23.8. The van der Waals surface area contributed by atoms with Crippen LogP contribution in [0.4, 0.5) is 5.82 Å². The van der Waals surface area contributed by atoms with Gasteiger partial charge in [-0.2, -0.15) is 14.1 Å². The van der Waals surface area contributed by atoms with Crippen molar-refractivity contribution < 1.29 is 13.2 Å². The highest BCUT2D eigenvalue weighted by Gasteiger charge is 2.32. The second-order valence-electron chi connectivity index (χ2n) is 8.16. The van der Waals surface area contributed by atoms with Gasteiger partial charge in [0.25, 0.3) is 5.95 Å². The topological polar surface area (TPSA) is 110 Å². The number of hydrogen-bond acceptors (Lipinski definition) is 6. The maximum atomic E-state index is 13.0. The molecule has 2 aromatic heterocycles. The Balaban J connectivity index is 1.45. The molecule has 1 aliphatic heterocycles. The van der Waals surface area contributed by atoms with E-state index in [0.717, 1.165) is 17.1 Å². The number of benzene rings is 1. The summed E-state index contributed by atoms with van der Waals surface area (Å²) >= 11 is 5.87. The molecule has 0 aliphatic carbocycles. The number of anilines is 1. The first-order chi connectivity index (χ1) is 15.6. The van der Waals surface area contributed by atoms with E-state index in [1.807, 2.05) is 26.8 Å². The van der Waals surface area contributed by atoms with Crippen LogP contribution in [0.1, 0.15) is 29.9 Å². The lowest BCUT2D eigenvalue weighted by Gasteiger charge is -2.30. The average Bonchev–Trinajstić information content (AvgIpc) is 3.13. The zero-order valence-corrected chi connectivity index (χ0v) is 20.2. The van der Waals surface area contributed by atoms with Crippen LogP contribution in [0, 0.1) is 26.7 Å². The van der Waals surface area contributed by atoms with Gasteiger partial charge in [0.05, 0.1) is 10.6 Å². The molecular formula is C22H25ClN6O3S. The number of piperidine rings is 1. The molecule has 33 heavy (non-hydrogen) atoms. The third-order valence-electron chi connectivity index (χ3n) is 5.52. The van der Waals surface area contributed by atoms with Crippen LogP contribution >= 0.6 is 11.6 Å². The quantitative estimate of drug-likeness (QED) is 0.590. The lowest BCUT2D eigenvalue weighted by atomic mass is 9.97. The van der Waals surface area contributed by atoms with Crippen LogP contribution < -0.4 is 5.32 Å². The number of carbonyl (C=O) groups excluding carboxylic acids is 1. The highest BCUT2D eigenvalue weighted by Crippen LogP contribution is 2.26. The van der Waals surface area contributed by atoms with Gasteiger partial charge in [0.2, 0.25) is 15.9 Å². The molecule has 174 valence electrons. The third kappa shape index (κ3) is 5.07. The summed E-state index contributed by atoms with van der Waals surface area (Å²) in [6, 6.07) is 9.73. The van der Waals surface area contributed by atoms with E-state index in [1.165, 1.54) is 21.1 Å². The standard InChI is InChI=1S/C22H25ClN6O3S/c1-14-12-15(2)25-22(24-14)29-20(13-16(3)27-29)26-21(30)17-8-10-28(11-9-17)33(31,32)19-6-4-18(23)5-7-19/h4-7,12-13,17H,8-11H2,1-3H3,(H,26,30). The molecule has 9 nitrogen and oxygen atoms in total. The fraction of sp³-hybridized carbons (Fsp3) is 0.364. The highest BCUT2D eigenvalue weighted by molar-refractivity contribution is 7.89. The molecule has 1 aromatic carbocycles. The van der Waals surface area contributed by atoms with Crippen LogP contribution in [0.25, 0.3) is 5.95 Å². The van der Waals surface area contributed by atoms with E-state index in [2.05, 4.69) is 20.4 Å². The van der Waals surface area contributed by atoms with Crippen LogP contribution in [0.3, 0.4) is 0 Å². The first-order valence-corrected chi connectivity index (χ1v) is 12.4. The van der Waals surface area contributed by atoms with Crippen molar-refractivity contribution in [3.05, 3.63) is 58.5 Å². The smallest absolute Gasteiger partial charge is 0.252 e. The molecule has 3 heterocycles. The van der Waals surface area contributed by atoms with Gasteiger partial charge in [-0.1, -0.05) is 11.6 Å². The first-order valence-electron chi connectivity index (χ1n) is 10.6. The molecular weight excluding hydrogens is 464 g/mol. The summed E-state index contributed by atoms with van der Waals surface area (Å²) in [5, 5.41) is 7.83. The van der Waals surface area contributed by atoms with Crippen LogP contribution in [0.2, 0.25) is 5.02 Å². The molecule has 11 heteroatoms. The maximum absolute atomic E-state index is 13.0. The molecule has 1 amide bonds. The summed E-state index contributed by atoms with van der Waals surface area (Å²) in [4.78, 5) is 22.0. The molecule has 0 radical (unpaired) electrons. The summed E-state index contributed by atoms with van der Waals surface area (Å²) in [6.07, 6.45) is 0.845. The van der Waals surface area contributed by atoms with Crippen LogP contribution in [0.5, 0.6) is 0 Å². The third-order valence-corrected chi connectivity index (χ3v) is 7.68. The zero-order valence-electron chi connectivity index (χ0n) is 18.6. The van der Waals surface area contributed by atoms with E-state index in [0.29, 0.717) is 29.6 Å². The highest BCUT2D eigenvalue weighted by atomic mass is 35.5. The van der Waals surface area contributed by atoms with E-state index < -0.39 is 10.0 Å². The second kappa shape index (κ2) is 9.20. The van der Waals surface area contributed by atoms with Crippen LogP contribution in [-0.4, -0.2) is 51.5 Å². The number of sulfonamides is 1. The van der Waals surface area contributed by atoms with Crippen molar-refractivity contribution in [2.75, 3.05) is 18.4 Å². The molecule has 1 aliphatic rings. The molecule has 0 unspecified atom stereocenters. The van der Waals surface area contributed by atoms with Gasteiger partial charge in [0.1, 0.15) is 5.82 Å². The van der Waals surface area contributed by atoms with E-state index in [4.69, 9.17) is 11.6 Å². The van der Waals surface area contributed by atoms with Crippen LogP contribution in [0.15, 0.2) is 41.3 Å². The van der Waals surface area contributed by atoms with E-state index in [1.54, 1.807) is 18.2 Å². The summed E-state index contributed by atoms with van der Waals surface area (Å²) < 4.78 is 28.7. The predicted molar refractivity (Wildman–Crippen MR) is 125 cm³/mol. The van der Waals surface area contributed by atoms with Gasteiger partial charge in [-0.05, 0) is 63.9 Å². The van der Waals surface area contributed by atoms with Gasteiger partial charge in [-0.25, -0.2) is 18.4 Å². The SMILES string of the molecule is Cc1cc(C)nc(-n2nc(C)cc2NC(=O)C2CCN(S(=O)(=O)c3ccc(Cl)cc3)CC2)n1. The number of amides is 1. The largest absolute Gasteiger partial charge is 0.310 e. The maximum Gasteiger partial charge on any atom is 0.252 e. The molecule has 4 rings (SSSR count). The fourth-order valence-electron chi connectivity index (χ4n) is 3.89. The summed E-state index contributed by atoms with van der Waals surface area (Å²) in [6.45, 7) is 6.11. The lowest BCUT2D eigenvalue weighted by Crippen LogP contribution is -2.41. The van der Waals surface area contributed by atoms with Gasteiger partial charge in [0.15, 0.2) is 0 Å². The Labute approximate surface area is 197 Å². The Morgan fingerprint density at radius 1 is 1.00 bits per heavy atom. The number of nitrogens with zero attached hydrogens (tertiary/aromatic N) is 5. The van der Waals surface area contributed by atoms with E-state index in [-0.39, 0.29) is 29.8 Å². The Morgan fingerprint density at radius 2 is 1.61 bits per heavy atom. The molecule has 0 atom stereocenters. The van der Waals surface area contributed by atoms with Crippen molar-refractivity contribution in [2.24, 2.45) is 5.92 Å². The van der Waals surface area contributed by atoms with Crippen molar-refractivity contribution in [3.8, 4) is 5.95 Å². The van der Waals surface area contributed by atoms with Crippen molar-refractivity contribution in [1.82, 2.24) is 24.1 Å². The van der Waals surface area contributed by atoms with Gasteiger partial charge in [-0.15, -0.1) is 0 Å². The number of aromatic nitrogens is 4. The number of halogens is 1. The van der Waals surface area contributed by atoms with Crippen molar-refractivity contribution >= 4 is 33.3 Å². The summed E-state index contributed by atoms with van der Waals surface area (Å²) in [5.74, 6) is 0.382. The molecule has 1 fully saturated rings. The monoisotopic (exact) mass is 488 g/mol. The van der Waals surface area contributed by atoms with E-state index >= 15 is 0 Å². The Morgan fingerprint density at radius 3 is 2.21 bits per heavy atom. The number of carbonyl (C=O) groups is 1. The summed E-state index contributed by atoms with van der Waals surface area (Å²) in [5.41, 5.74) is 2.33. The molecule has 1 N–H and O–H groups in total. The van der Waals surface area contributed by atoms with Gasteiger partial charge < -0.3 is 5.32 Å². The molecule has 3 aromatic rings. The summed E-state index contributed by atoms with van der Waals surface area (Å²) in [7, 11) is -3.62. The van der Waals surface area contributed by atoms with Gasteiger partial charge in [0, 0.05) is 41.5 Å². The van der Waals surface area contributed by atoms with Crippen molar-refractivity contribution in [2.45, 2.75) is 38.5 Å². The normalized spacial score (nSPS) is 15.5. The Kier molecular flexibility index (Phi) is 6.51. The first kappa shape index (κ1) is 23.3. The molecule has 0 spiro atoms. The number of aryl methyl sites for hydroxylation is 3. The van der Waals surface area contributed by atoms with Crippen molar-refractivity contribution in [1.29, 1.82) is 0 Å². The second-order valence-corrected chi connectivity index (χ2v) is 10.5. The van der Waals surface area contributed by atoms with Gasteiger partial charge in [-0.3, -0.25) is 4.79 Å². The molecule has 1 saturated heterocycles. The van der Waals surface area contributed by atoms with E-state index in [9.17, 15) is 13.2 Å².